The van der Waals surface area contributed by atoms with Crippen LogP contribution in [0.15, 0.2) is 65.1 Å². The van der Waals surface area contributed by atoms with E-state index in [1.807, 2.05) is 6.07 Å². The first-order chi connectivity index (χ1) is 18.8. The molecule has 41 heavy (non-hydrogen) atoms. The maximum Gasteiger partial charge on any atom is 0.435 e. The van der Waals surface area contributed by atoms with Gasteiger partial charge in [-0.25, -0.2) is 4.39 Å². The van der Waals surface area contributed by atoms with Gasteiger partial charge in [0.05, 0.1) is 22.9 Å². The summed E-state index contributed by atoms with van der Waals surface area (Å²) in [6, 6.07) is 11.1. The van der Waals surface area contributed by atoms with Crippen molar-refractivity contribution in [3.05, 3.63) is 93.0 Å². The summed E-state index contributed by atoms with van der Waals surface area (Å²) in [5.74, 6) is -2.04. The molecule has 3 aromatic rings. The highest BCUT2D eigenvalue weighted by Gasteiger charge is 2.73. The Kier molecular flexibility index (Phi) is 8.45. The van der Waals surface area contributed by atoms with E-state index in [2.05, 4.69) is 21.2 Å². The van der Waals surface area contributed by atoms with Crippen molar-refractivity contribution in [1.82, 2.24) is 0 Å². The lowest BCUT2D eigenvalue weighted by atomic mass is 9.92. The van der Waals surface area contributed by atoms with E-state index < -0.39 is 63.4 Å². The van der Waals surface area contributed by atoms with Crippen molar-refractivity contribution in [2.75, 3.05) is 10.6 Å². The third-order valence-electron chi connectivity index (χ3n) is 5.45. The van der Waals surface area contributed by atoms with Crippen LogP contribution < -0.4 is 10.6 Å². The predicted molar refractivity (Wildman–Crippen MR) is 128 cm³/mol. The molecule has 5 nitrogen and oxygen atoms in total. The van der Waals surface area contributed by atoms with Gasteiger partial charge < -0.3 is 10.6 Å². The second kappa shape index (κ2) is 11.0. The molecule has 3 rings (SSSR count). The summed E-state index contributed by atoms with van der Waals surface area (Å²) in [6.07, 6.45) is -19.0. The van der Waals surface area contributed by atoms with E-state index in [4.69, 9.17) is 5.26 Å². The van der Waals surface area contributed by atoms with Crippen molar-refractivity contribution in [3.63, 3.8) is 0 Å². The molecule has 3 aromatic carbocycles. The molecule has 0 aliphatic rings. The zero-order valence-corrected chi connectivity index (χ0v) is 21.3. The molecule has 216 valence electrons. The van der Waals surface area contributed by atoms with Gasteiger partial charge in [0.15, 0.2) is 0 Å². The minimum absolute atomic E-state index is 0.0342. The number of alkyl halides is 10. The molecule has 16 heteroatoms. The summed E-state index contributed by atoms with van der Waals surface area (Å²) >= 11 is 2.41. The highest BCUT2D eigenvalue weighted by Crippen LogP contribution is 2.55. The van der Waals surface area contributed by atoms with Crippen LogP contribution in [0.25, 0.3) is 0 Å². The van der Waals surface area contributed by atoms with Crippen molar-refractivity contribution in [3.8, 4) is 6.07 Å². The number of halogens is 11. The molecule has 0 saturated carbocycles. The maximum atomic E-state index is 14.5. The number of amides is 2. The number of carbonyl (C=O) groups is 2. The van der Waals surface area contributed by atoms with Crippen LogP contribution >= 0.6 is 15.9 Å². The van der Waals surface area contributed by atoms with Crippen LogP contribution in [0.2, 0.25) is 0 Å². The van der Waals surface area contributed by atoms with Crippen molar-refractivity contribution in [1.29, 1.82) is 5.26 Å². The van der Waals surface area contributed by atoms with E-state index in [0.29, 0.717) is 0 Å². The number of anilines is 2. The molecule has 0 aliphatic heterocycles. The number of nitrogens with one attached hydrogen (secondary N) is 2. The van der Waals surface area contributed by atoms with Crippen molar-refractivity contribution >= 4 is 39.1 Å². The Labute approximate surface area is 231 Å². The van der Waals surface area contributed by atoms with Gasteiger partial charge in [-0.05, 0) is 64.5 Å². The summed E-state index contributed by atoms with van der Waals surface area (Å²) in [7, 11) is 0. The lowest BCUT2D eigenvalue weighted by molar-refractivity contribution is -0.348. The van der Waals surface area contributed by atoms with E-state index in [-0.39, 0.29) is 28.4 Å². The molecule has 0 atom stereocenters. The van der Waals surface area contributed by atoms with Crippen LogP contribution in [-0.4, -0.2) is 24.2 Å². The Hall–Kier alpha value is -4.13. The lowest BCUT2D eigenvalue weighted by Crippen LogP contribution is -2.50. The molecule has 2 amide bonds. The van der Waals surface area contributed by atoms with Crippen LogP contribution in [0.3, 0.4) is 0 Å². The quantitative estimate of drug-likeness (QED) is 0.272. The van der Waals surface area contributed by atoms with Crippen molar-refractivity contribution in [2.45, 2.75) is 24.2 Å². The van der Waals surface area contributed by atoms with Crippen molar-refractivity contribution < 1.29 is 53.5 Å². The van der Waals surface area contributed by atoms with Crippen LogP contribution in [0.1, 0.15) is 37.4 Å². The predicted octanol–water partition coefficient (Wildman–Crippen LogP) is 8.13. The Morgan fingerprint density at radius 1 is 0.732 bits per heavy atom. The fraction of sp³-hybridized carbons (Fsp3) is 0.160. The highest BCUT2D eigenvalue weighted by molar-refractivity contribution is 9.10. The number of nitrogens with zero attached hydrogens (tertiary/aromatic N) is 1. The summed E-state index contributed by atoms with van der Waals surface area (Å²) in [5.41, 5.74) is -12.3. The third kappa shape index (κ3) is 6.45. The summed E-state index contributed by atoms with van der Waals surface area (Å²) < 4.78 is 133. The average Bonchev–Trinajstić information content (AvgIpc) is 2.87. The highest BCUT2D eigenvalue weighted by atomic mass is 79.9. The molecule has 0 spiro atoms. The Balaban J connectivity index is 1.99. The molecule has 0 bridgehead atoms. The topological polar surface area (TPSA) is 82.0 Å². The van der Waals surface area contributed by atoms with Gasteiger partial charge >= 0.3 is 24.2 Å². The Morgan fingerprint density at radius 3 is 1.80 bits per heavy atom. The maximum absolute atomic E-state index is 14.5. The molecule has 0 heterocycles. The van der Waals surface area contributed by atoms with Gasteiger partial charge in [-0.1, -0.05) is 12.1 Å². The molecule has 2 N–H and O–H groups in total. The van der Waals surface area contributed by atoms with E-state index in [1.165, 1.54) is 36.4 Å². The lowest BCUT2D eigenvalue weighted by Gasteiger charge is -2.31. The van der Waals surface area contributed by atoms with Crippen LogP contribution in [0.4, 0.5) is 55.3 Å². The molecule has 0 unspecified atom stereocenters. The molecule has 0 saturated heterocycles. The number of hydrogen-bond donors (Lipinski definition) is 2. The van der Waals surface area contributed by atoms with Crippen LogP contribution in [-0.2, 0) is 11.8 Å². The first-order valence-electron chi connectivity index (χ1n) is 10.8. The molecule has 0 radical (unpaired) electrons. The zero-order chi connectivity index (χ0) is 31.0. The summed E-state index contributed by atoms with van der Waals surface area (Å²) in [5, 5.41) is 13.1. The minimum Gasteiger partial charge on any atom is -0.322 e. The first-order valence-corrected chi connectivity index (χ1v) is 11.6. The number of rotatable bonds is 5. The van der Waals surface area contributed by atoms with E-state index in [1.54, 1.807) is 5.32 Å². The SMILES string of the molecule is N#Cc1cccc(C(=O)Nc2cccc(C(=O)Nc3c(Br)cc(C(F)(C(F)(F)F)C(F)(F)F)cc3C(F)(F)F)c2)c1. The van der Waals surface area contributed by atoms with Gasteiger partial charge in [0.2, 0.25) is 0 Å². The Bertz CT molecular complexity index is 1530. The third-order valence-corrected chi connectivity index (χ3v) is 6.08. The van der Waals surface area contributed by atoms with Crippen LogP contribution in [0.5, 0.6) is 0 Å². The largest absolute Gasteiger partial charge is 0.435 e. The molecular formula is C25H12BrF10N3O2. The van der Waals surface area contributed by atoms with E-state index >= 15 is 0 Å². The van der Waals surface area contributed by atoms with Gasteiger partial charge in [0, 0.05) is 26.9 Å². The number of benzene rings is 3. The average molecular weight is 656 g/mol. The van der Waals surface area contributed by atoms with Gasteiger partial charge in [0.25, 0.3) is 11.8 Å². The molecule has 0 fully saturated rings. The van der Waals surface area contributed by atoms with E-state index in [0.717, 1.165) is 12.1 Å². The van der Waals surface area contributed by atoms with Crippen LogP contribution in [0, 0.1) is 11.3 Å². The smallest absolute Gasteiger partial charge is 0.322 e. The van der Waals surface area contributed by atoms with Gasteiger partial charge in [-0.15, -0.1) is 0 Å². The van der Waals surface area contributed by atoms with E-state index in [9.17, 15) is 53.5 Å². The van der Waals surface area contributed by atoms with Gasteiger partial charge in [-0.3, -0.25) is 9.59 Å². The number of carbonyl (C=O) groups excluding carboxylic acids is 2. The summed E-state index contributed by atoms with van der Waals surface area (Å²) in [6.45, 7) is 0. The second-order valence-corrected chi connectivity index (χ2v) is 9.07. The second-order valence-electron chi connectivity index (χ2n) is 8.21. The fourth-order valence-corrected chi connectivity index (χ4v) is 4.06. The number of hydrogen-bond acceptors (Lipinski definition) is 3. The fourth-order valence-electron chi connectivity index (χ4n) is 3.50. The molecule has 0 aliphatic carbocycles. The summed E-state index contributed by atoms with van der Waals surface area (Å²) in [4.78, 5) is 25.2. The van der Waals surface area contributed by atoms with Gasteiger partial charge in [-0.2, -0.15) is 44.8 Å². The molecule has 0 aromatic heterocycles. The number of nitriles is 1. The molecular weight excluding hydrogens is 644 g/mol. The van der Waals surface area contributed by atoms with Crippen molar-refractivity contribution in [2.24, 2.45) is 0 Å². The standard InChI is InChI=1S/C25H12BrF10N3O2/c26-18-10-15(22(27,24(31,32)33)25(34,35)36)9-17(23(28,29)30)19(18)39-21(41)14-5-2-6-16(8-14)38-20(40)13-4-1-3-12(7-13)11-37/h1-10H,(H,38,40)(H,39,41). The minimum atomic E-state index is -6.68. The first kappa shape index (κ1) is 31.4. The van der Waals surface area contributed by atoms with Gasteiger partial charge in [0.1, 0.15) is 0 Å². The Morgan fingerprint density at radius 2 is 1.27 bits per heavy atom. The zero-order valence-electron chi connectivity index (χ0n) is 19.7. The normalized spacial score (nSPS) is 12.4. The monoisotopic (exact) mass is 655 g/mol.